The summed E-state index contributed by atoms with van der Waals surface area (Å²) in [5, 5.41) is 5.49. The highest BCUT2D eigenvalue weighted by Gasteiger charge is 2.13. The van der Waals surface area contributed by atoms with Crippen LogP contribution >= 0.6 is 0 Å². The maximum absolute atomic E-state index is 11.7. The Morgan fingerprint density at radius 3 is 2.82 bits per heavy atom. The number of rotatable bonds is 5. The number of hydrogen-bond donors (Lipinski definition) is 3. The molecule has 0 saturated carbocycles. The average molecular weight is 236 g/mol. The van der Waals surface area contributed by atoms with Gasteiger partial charge in [-0.15, -0.1) is 0 Å². The number of pyridine rings is 1. The SMILES string of the molecule is CCNc1cc(C(=O)NC(C)C(N)=O)ccn1. The number of carbonyl (C=O) groups is 2. The molecule has 0 radical (unpaired) electrons. The second-order valence-corrected chi connectivity index (χ2v) is 3.56. The molecule has 0 aromatic carbocycles. The van der Waals surface area contributed by atoms with E-state index in [1.807, 2.05) is 6.92 Å². The Morgan fingerprint density at radius 1 is 1.53 bits per heavy atom. The lowest BCUT2D eigenvalue weighted by molar-refractivity contribution is -0.119. The van der Waals surface area contributed by atoms with E-state index in [9.17, 15) is 9.59 Å². The van der Waals surface area contributed by atoms with Gasteiger partial charge in [0.25, 0.3) is 5.91 Å². The van der Waals surface area contributed by atoms with Crippen LogP contribution in [0.25, 0.3) is 0 Å². The van der Waals surface area contributed by atoms with Crippen LogP contribution in [0.1, 0.15) is 24.2 Å². The van der Waals surface area contributed by atoms with E-state index in [-0.39, 0.29) is 5.91 Å². The van der Waals surface area contributed by atoms with Crippen LogP contribution in [0.15, 0.2) is 18.3 Å². The first-order valence-corrected chi connectivity index (χ1v) is 5.34. The third-order valence-corrected chi connectivity index (χ3v) is 2.15. The Balaban J connectivity index is 2.75. The Morgan fingerprint density at radius 2 is 2.24 bits per heavy atom. The summed E-state index contributed by atoms with van der Waals surface area (Å²) in [6, 6.07) is 2.49. The van der Waals surface area contributed by atoms with Crippen LogP contribution in [0.4, 0.5) is 5.82 Å². The largest absolute Gasteiger partial charge is 0.370 e. The second-order valence-electron chi connectivity index (χ2n) is 3.56. The van der Waals surface area contributed by atoms with Crippen molar-refractivity contribution in [2.75, 3.05) is 11.9 Å². The highest BCUT2D eigenvalue weighted by molar-refractivity contribution is 5.97. The Bertz CT molecular complexity index is 420. The maximum atomic E-state index is 11.7. The van der Waals surface area contributed by atoms with E-state index in [1.165, 1.54) is 13.1 Å². The Kier molecular flexibility index (Phi) is 4.45. The first kappa shape index (κ1) is 13.0. The number of primary amides is 1. The lowest BCUT2D eigenvalue weighted by Crippen LogP contribution is -2.42. The van der Waals surface area contributed by atoms with Crippen LogP contribution in [-0.4, -0.2) is 29.4 Å². The van der Waals surface area contributed by atoms with Crippen molar-refractivity contribution >= 4 is 17.6 Å². The van der Waals surface area contributed by atoms with Gasteiger partial charge < -0.3 is 16.4 Å². The van der Waals surface area contributed by atoms with E-state index in [0.29, 0.717) is 11.4 Å². The minimum Gasteiger partial charge on any atom is -0.370 e. The summed E-state index contributed by atoms with van der Waals surface area (Å²) in [7, 11) is 0. The second kappa shape index (κ2) is 5.83. The van der Waals surface area contributed by atoms with E-state index >= 15 is 0 Å². The standard InChI is InChI=1S/C11H16N4O2/c1-3-13-9-6-8(4-5-14-9)11(17)15-7(2)10(12)16/h4-7H,3H2,1-2H3,(H2,12,16)(H,13,14)(H,15,17). The lowest BCUT2D eigenvalue weighted by atomic mass is 10.2. The molecule has 92 valence electrons. The molecular formula is C11H16N4O2. The fraction of sp³-hybridized carbons (Fsp3) is 0.364. The Labute approximate surface area is 99.6 Å². The van der Waals surface area contributed by atoms with Crippen LogP contribution in [0.3, 0.4) is 0 Å². The Hall–Kier alpha value is -2.11. The first-order valence-electron chi connectivity index (χ1n) is 5.34. The van der Waals surface area contributed by atoms with Crippen molar-refractivity contribution in [2.45, 2.75) is 19.9 Å². The molecule has 0 bridgehead atoms. The summed E-state index contributed by atoms with van der Waals surface area (Å²) in [6.07, 6.45) is 1.53. The zero-order valence-electron chi connectivity index (χ0n) is 9.86. The van der Waals surface area contributed by atoms with E-state index in [2.05, 4.69) is 15.6 Å². The molecule has 1 aromatic rings. The van der Waals surface area contributed by atoms with E-state index in [4.69, 9.17) is 5.73 Å². The summed E-state index contributed by atoms with van der Waals surface area (Å²) in [5.74, 6) is -0.302. The quantitative estimate of drug-likeness (QED) is 0.676. The van der Waals surface area contributed by atoms with Gasteiger partial charge in [-0.05, 0) is 26.0 Å². The topological polar surface area (TPSA) is 97.1 Å². The number of aromatic nitrogens is 1. The monoisotopic (exact) mass is 236 g/mol. The normalized spacial score (nSPS) is 11.6. The third kappa shape index (κ3) is 3.75. The fourth-order valence-corrected chi connectivity index (χ4v) is 1.20. The van der Waals surface area contributed by atoms with Crippen molar-refractivity contribution in [3.63, 3.8) is 0 Å². The molecule has 0 aliphatic carbocycles. The van der Waals surface area contributed by atoms with Crippen LogP contribution in [-0.2, 0) is 4.79 Å². The molecule has 6 heteroatoms. The van der Waals surface area contributed by atoms with Crippen molar-refractivity contribution < 1.29 is 9.59 Å². The van der Waals surface area contributed by atoms with Crippen LogP contribution in [0, 0.1) is 0 Å². The number of carbonyl (C=O) groups excluding carboxylic acids is 2. The average Bonchev–Trinajstić information content (AvgIpc) is 2.29. The minimum absolute atomic E-state index is 0.349. The van der Waals surface area contributed by atoms with Crippen LogP contribution < -0.4 is 16.4 Å². The first-order chi connectivity index (χ1) is 8.04. The summed E-state index contributed by atoms with van der Waals surface area (Å²) in [5.41, 5.74) is 5.50. The molecule has 6 nitrogen and oxygen atoms in total. The van der Waals surface area contributed by atoms with Gasteiger partial charge in [0.1, 0.15) is 11.9 Å². The van der Waals surface area contributed by atoms with E-state index in [1.54, 1.807) is 12.1 Å². The number of nitrogens with zero attached hydrogens (tertiary/aromatic N) is 1. The van der Waals surface area contributed by atoms with Crippen molar-refractivity contribution in [3.05, 3.63) is 23.9 Å². The molecule has 0 fully saturated rings. The molecule has 0 saturated heterocycles. The van der Waals surface area contributed by atoms with Crippen molar-refractivity contribution in [1.29, 1.82) is 0 Å². The third-order valence-electron chi connectivity index (χ3n) is 2.15. The van der Waals surface area contributed by atoms with Crippen molar-refractivity contribution in [1.82, 2.24) is 10.3 Å². The van der Waals surface area contributed by atoms with Crippen molar-refractivity contribution in [2.24, 2.45) is 5.73 Å². The number of nitrogens with two attached hydrogens (primary N) is 1. The van der Waals surface area contributed by atoms with Gasteiger partial charge in [0.2, 0.25) is 5.91 Å². The molecule has 0 spiro atoms. The zero-order chi connectivity index (χ0) is 12.8. The van der Waals surface area contributed by atoms with E-state index in [0.717, 1.165) is 6.54 Å². The molecule has 1 heterocycles. The summed E-state index contributed by atoms with van der Waals surface area (Å²) in [6.45, 7) is 4.19. The predicted octanol–water partition coefficient (Wildman–Crippen LogP) is 0.117. The molecule has 0 aliphatic heterocycles. The molecule has 1 aromatic heterocycles. The molecule has 1 rings (SSSR count). The van der Waals surface area contributed by atoms with Crippen molar-refractivity contribution in [3.8, 4) is 0 Å². The van der Waals surface area contributed by atoms with Crippen LogP contribution in [0.2, 0.25) is 0 Å². The molecular weight excluding hydrogens is 220 g/mol. The van der Waals surface area contributed by atoms with Gasteiger partial charge in [0, 0.05) is 18.3 Å². The molecule has 2 amide bonds. The summed E-state index contributed by atoms with van der Waals surface area (Å²) < 4.78 is 0. The smallest absolute Gasteiger partial charge is 0.252 e. The van der Waals surface area contributed by atoms with Crippen LogP contribution in [0.5, 0.6) is 0 Å². The molecule has 17 heavy (non-hydrogen) atoms. The molecule has 4 N–H and O–H groups in total. The van der Waals surface area contributed by atoms with Gasteiger partial charge in [-0.2, -0.15) is 0 Å². The van der Waals surface area contributed by atoms with Gasteiger partial charge in [-0.3, -0.25) is 9.59 Å². The minimum atomic E-state index is -0.696. The van der Waals surface area contributed by atoms with Gasteiger partial charge in [-0.25, -0.2) is 4.98 Å². The van der Waals surface area contributed by atoms with E-state index < -0.39 is 11.9 Å². The molecule has 1 atom stereocenters. The highest BCUT2D eigenvalue weighted by atomic mass is 16.2. The highest BCUT2D eigenvalue weighted by Crippen LogP contribution is 2.06. The molecule has 0 aliphatic rings. The maximum Gasteiger partial charge on any atom is 0.252 e. The number of anilines is 1. The van der Waals surface area contributed by atoms with Gasteiger partial charge in [0.05, 0.1) is 0 Å². The fourth-order valence-electron chi connectivity index (χ4n) is 1.20. The molecule has 1 unspecified atom stereocenters. The number of nitrogens with one attached hydrogen (secondary N) is 2. The number of amides is 2. The van der Waals surface area contributed by atoms with Gasteiger partial charge >= 0.3 is 0 Å². The van der Waals surface area contributed by atoms with Gasteiger partial charge in [-0.1, -0.05) is 0 Å². The lowest BCUT2D eigenvalue weighted by Gasteiger charge is -2.10. The predicted molar refractivity (Wildman–Crippen MR) is 64.5 cm³/mol. The zero-order valence-corrected chi connectivity index (χ0v) is 9.86. The van der Waals surface area contributed by atoms with Gasteiger partial charge in [0.15, 0.2) is 0 Å². The summed E-state index contributed by atoms with van der Waals surface area (Å²) in [4.78, 5) is 26.6. The summed E-state index contributed by atoms with van der Waals surface area (Å²) >= 11 is 0. The number of hydrogen-bond acceptors (Lipinski definition) is 4.